The summed E-state index contributed by atoms with van der Waals surface area (Å²) in [7, 11) is 4.77. The number of ether oxygens (including phenoxy) is 4. The van der Waals surface area contributed by atoms with E-state index >= 15 is 0 Å². The first-order chi connectivity index (χ1) is 16.0. The van der Waals surface area contributed by atoms with Crippen molar-refractivity contribution >= 4 is 28.3 Å². The van der Waals surface area contributed by atoms with Crippen molar-refractivity contribution in [3.8, 4) is 17.2 Å². The molecule has 33 heavy (non-hydrogen) atoms. The lowest BCUT2D eigenvalue weighted by molar-refractivity contribution is 0.111. The Morgan fingerprint density at radius 1 is 0.970 bits per heavy atom. The van der Waals surface area contributed by atoms with Crippen molar-refractivity contribution in [2.45, 2.75) is 19.6 Å². The van der Waals surface area contributed by atoms with Crippen LogP contribution < -0.4 is 14.2 Å². The molecule has 0 saturated carbocycles. The summed E-state index contributed by atoms with van der Waals surface area (Å²) in [4.78, 5) is 12.3. The molecule has 0 unspecified atom stereocenters. The first-order valence-electron chi connectivity index (χ1n) is 10.4. The van der Waals surface area contributed by atoms with E-state index in [1.54, 1.807) is 27.4 Å². The van der Waals surface area contributed by atoms with Gasteiger partial charge in [0.25, 0.3) is 0 Å². The molecule has 3 aromatic carbocycles. The average molecular weight is 511 g/mol. The maximum atomic E-state index is 12.3. The van der Waals surface area contributed by atoms with E-state index in [9.17, 15) is 4.79 Å². The van der Waals surface area contributed by atoms with Gasteiger partial charge in [-0.1, -0.05) is 55.1 Å². The fourth-order valence-corrected chi connectivity index (χ4v) is 4.75. The third kappa shape index (κ3) is 4.82. The van der Waals surface area contributed by atoms with Gasteiger partial charge in [-0.05, 0) is 40.0 Å². The summed E-state index contributed by atoms with van der Waals surface area (Å²) in [5, 5.41) is 0. The van der Waals surface area contributed by atoms with Crippen LogP contribution in [0.4, 0.5) is 0 Å². The number of hydrogen-bond acceptors (Lipinski definition) is 5. The van der Waals surface area contributed by atoms with Gasteiger partial charge in [-0.25, -0.2) is 0 Å². The molecule has 0 spiro atoms. The number of carbonyl (C=O) groups is 1. The van der Waals surface area contributed by atoms with E-state index in [1.807, 2.05) is 55.5 Å². The molecule has 0 bridgehead atoms. The van der Waals surface area contributed by atoms with Gasteiger partial charge in [-0.15, -0.1) is 0 Å². The van der Waals surface area contributed by atoms with Crippen LogP contribution in [0.15, 0.2) is 59.6 Å². The van der Waals surface area contributed by atoms with Crippen LogP contribution in [0.3, 0.4) is 0 Å². The zero-order valence-electron chi connectivity index (χ0n) is 19.2. The van der Waals surface area contributed by atoms with Gasteiger partial charge in [-0.3, -0.25) is 4.79 Å². The maximum absolute atomic E-state index is 12.3. The first kappa shape index (κ1) is 24.6. The summed E-state index contributed by atoms with van der Waals surface area (Å²) in [6.07, 6.45) is 1.90. The molecule has 0 aliphatic carbocycles. The second kappa shape index (κ2) is 11.2. The molecule has 0 N–H and O–H groups in total. The van der Waals surface area contributed by atoms with E-state index in [4.69, 9.17) is 18.9 Å². The van der Waals surface area contributed by atoms with Gasteiger partial charge in [0, 0.05) is 23.8 Å². The number of carbonyl (C=O) groups excluding carboxylic acids is 1. The maximum Gasteiger partial charge on any atom is 0.154 e. The monoisotopic (exact) mass is 510 g/mol. The number of rotatable bonds is 10. The molecule has 3 aromatic rings. The largest absolute Gasteiger partial charge is 0.496 e. The Bertz CT molecular complexity index is 1140. The Labute approximate surface area is 203 Å². The number of hydrogen-bond donors (Lipinski definition) is 0. The lowest BCUT2D eigenvalue weighted by atomic mass is 9.91. The van der Waals surface area contributed by atoms with Gasteiger partial charge in [0.1, 0.15) is 30.0 Å². The van der Waals surface area contributed by atoms with Crippen molar-refractivity contribution in [1.82, 2.24) is 0 Å². The van der Waals surface area contributed by atoms with Gasteiger partial charge < -0.3 is 18.9 Å². The molecule has 1 atom stereocenters. The Hall–Kier alpha value is -3.09. The van der Waals surface area contributed by atoms with E-state index in [-0.39, 0.29) is 6.61 Å². The summed E-state index contributed by atoms with van der Waals surface area (Å²) < 4.78 is 24.3. The molecule has 0 aliphatic heterocycles. The minimum absolute atomic E-state index is 0.281. The lowest BCUT2D eigenvalue weighted by Crippen LogP contribution is -2.14. The zero-order valence-corrected chi connectivity index (χ0v) is 20.8. The predicted molar refractivity (Wildman–Crippen MR) is 134 cm³/mol. The van der Waals surface area contributed by atoms with E-state index in [1.165, 1.54) is 0 Å². The molecule has 0 fully saturated rings. The normalized spacial score (nSPS) is 11.5. The van der Waals surface area contributed by atoms with Gasteiger partial charge in [0.2, 0.25) is 0 Å². The summed E-state index contributed by atoms with van der Waals surface area (Å²) in [6, 6.07) is 15.4. The average Bonchev–Trinajstić information content (AvgIpc) is 2.85. The predicted octanol–water partition coefficient (Wildman–Crippen LogP) is 6.55. The Balaban J connectivity index is 2.30. The highest BCUT2D eigenvalue weighted by atomic mass is 79.9. The Morgan fingerprint density at radius 3 is 2.27 bits per heavy atom. The molecule has 0 saturated heterocycles. The van der Waals surface area contributed by atoms with Crippen LogP contribution in [0.25, 0.3) is 6.08 Å². The van der Waals surface area contributed by atoms with Crippen molar-refractivity contribution in [2.75, 3.05) is 21.3 Å². The van der Waals surface area contributed by atoms with Crippen molar-refractivity contribution in [2.24, 2.45) is 0 Å². The molecule has 6 heteroatoms. The molecule has 5 nitrogen and oxygen atoms in total. The van der Waals surface area contributed by atoms with Crippen LogP contribution in [0.1, 0.15) is 44.3 Å². The third-order valence-corrected chi connectivity index (χ3v) is 6.30. The molecule has 3 rings (SSSR count). The fourth-order valence-electron chi connectivity index (χ4n) is 3.91. The van der Waals surface area contributed by atoms with E-state index in [0.29, 0.717) is 38.4 Å². The van der Waals surface area contributed by atoms with Crippen molar-refractivity contribution < 1.29 is 23.7 Å². The number of methoxy groups -OCH3 is 3. The lowest BCUT2D eigenvalue weighted by Gasteiger charge is -2.27. The number of halogens is 1. The molecule has 0 aromatic heterocycles. The van der Waals surface area contributed by atoms with Crippen LogP contribution >= 0.6 is 15.9 Å². The minimum Gasteiger partial charge on any atom is -0.496 e. The molecule has 0 aliphatic rings. The van der Waals surface area contributed by atoms with E-state index in [2.05, 4.69) is 22.5 Å². The van der Waals surface area contributed by atoms with Gasteiger partial charge in [0.05, 0.1) is 24.3 Å². The van der Waals surface area contributed by atoms with Gasteiger partial charge in [0.15, 0.2) is 6.29 Å². The number of benzene rings is 3. The smallest absolute Gasteiger partial charge is 0.154 e. The SMILES string of the molecule is C=Cc1cccc(OC)c1[C@@H](OC)c1c(Br)c(OC)c(C)c(C=O)c1OCc1ccccc1. The van der Waals surface area contributed by atoms with Crippen LogP contribution in [0.5, 0.6) is 17.2 Å². The third-order valence-electron chi connectivity index (χ3n) is 5.52. The summed E-state index contributed by atoms with van der Waals surface area (Å²) in [5.74, 6) is 1.59. The van der Waals surface area contributed by atoms with Crippen LogP contribution in [-0.2, 0) is 11.3 Å². The standard InChI is InChI=1S/C27H27BrO5/c1-6-19-13-10-14-21(30-3)22(19)27(32-5)23-24(28)25(31-4)17(2)20(15-29)26(23)33-16-18-11-8-7-9-12-18/h6-15,27H,1,16H2,2-5H3/t27-/m1/s1. The molecular formula is C27H27BrO5. The second-order valence-electron chi connectivity index (χ2n) is 7.30. The highest BCUT2D eigenvalue weighted by Crippen LogP contribution is 2.49. The van der Waals surface area contributed by atoms with Crippen molar-refractivity contribution in [3.63, 3.8) is 0 Å². The molecule has 0 heterocycles. The second-order valence-corrected chi connectivity index (χ2v) is 8.10. The molecule has 0 amide bonds. The summed E-state index contributed by atoms with van der Waals surface area (Å²) in [6.45, 7) is 6.05. The van der Waals surface area contributed by atoms with Gasteiger partial charge >= 0.3 is 0 Å². The van der Waals surface area contributed by atoms with Crippen molar-refractivity contribution in [3.05, 3.63) is 93.0 Å². The quantitative estimate of drug-likeness (QED) is 0.289. The molecular weight excluding hydrogens is 484 g/mol. The topological polar surface area (TPSA) is 54.0 Å². The van der Waals surface area contributed by atoms with E-state index in [0.717, 1.165) is 23.0 Å². The zero-order chi connectivity index (χ0) is 24.0. The Kier molecular flexibility index (Phi) is 8.31. The Morgan fingerprint density at radius 2 is 1.70 bits per heavy atom. The fraction of sp³-hybridized carbons (Fsp3) is 0.222. The minimum atomic E-state index is -0.637. The van der Waals surface area contributed by atoms with Crippen LogP contribution in [0, 0.1) is 6.92 Å². The van der Waals surface area contributed by atoms with Crippen molar-refractivity contribution in [1.29, 1.82) is 0 Å². The van der Waals surface area contributed by atoms with E-state index < -0.39 is 6.10 Å². The number of aldehydes is 1. The first-order valence-corrected chi connectivity index (χ1v) is 11.2. The van der Waals surface area contributed by atoms with Gasteiger partial charge in [-0.2, -0.15) is 0 Å². The van der Waals surface area contributed by atoms with Crippen LogP contribution in [-0.4, -0.2) is 27.6 Å². The summed E-state index contributed by atoms with van der Waals surface area (Å²) >= 11 is 3.70. The summed E-state index contributed by atoms with van der Waals surface area (Å²) in [5.41, 5.74) is 4.29. The molecule has 0 radical (unpaired) electrons. The highest BCUT2D eigenvalue weighted by molar-refractivity contribution is 9.10. The highest BCUT2D eigenvalue weighted by Gasteiger charge is 2.31. The molecule has 172 valence electrons. The van der Waals surface area contributed by atoms with Crippen LogP contribution in [0.2, 0.25) is 0 Å².